The van der Waals surface area contributed by atoms with Crippen molar-refractivity contribution in [1.29, 1.82) is 0 Å². The van der Waals surface area contributed by atoms with E-state index in [1.807, 2.05) is 29.8 Å². The molecule has 0 radical (unpaired) electrons. The molecule has 0 spiro atoms. The van der Waals surface area contributed by atoms with Crippen LogP contribution in [0.2, 0.25) is 18.1 Å². The maximum atomic E-state index is 6.66. The average molecular weight is 636 g/mol. The molecule has 0 saturated carbocycles. The molecule has 45 heavy (non-hydrogen) atoms. The molecule has 1 saturated heterocycles. The lowest BCUT2D eigenvalue weighted by atomic mass is 10.1. The summed E-state index contributed by atoms with van der Waals surface area (Å²) in [6.45, 7) is 17.1. The number of nitrogens with zero attached hydrogens (tertiary/aromatic N) is 5. The monoisotopic (exact) mass is 635 g/mol. The lowest BCUT2D eigenvalue weighted by molar-refractivity contribution is -0.0365. The molecular weight excluding hydrogens is 586 g/mol. The zero-order valence-corrected chi connectivity index (χ0v) is 28.7. The van der Waals surface area contributed by atoms with Gasteiger partial charge in [-0.15, -0.1) is 0 Å². The fourth-order valence-electron chi connectivity index (χ4n) is 4.95. The van der Waals surface area contributed by atoms with Crippen molar-refractivity contribution in [2.24, 2.45) is 0 Å². The molecule has 3 heterocycles. The lowest BCUT2D eigenvalue weighted by Crippen LogP contribution is -2.43. The Balaban J connectivity index is 1.17. The van der Waals surface area contributed by atoms with Crippen molar-refractivity contribution < 1.29 is 23.4 Å². The second kappa shape index (κ2) is 15.0. The number of fused-ring (bicyclic) bond motifs is 1. The smallest absolute Gasteiger partial charge is 0.250 e. The molecule has 1 aliphatic heterocycles. The molecule has 11 heteroatoms. The first-order valence-electron chi connectivity index (χ1n) is 16.1. The van der Waals surface area contributed by atoms with Crippen molar-refractivity contribution in [3.8, 4) is 17.1 Å². The van der Waals surface area contributed by atoms with Gasteiger partial charge >= 0.3 is 0 Å². The van der Waals surface area contributed by atoms with E-state index in [-0.39, 0.29) is 17.4 Å². The molecular formula is C34H49N5O5Si. The van der Waals surface area contributed by atoms with Crippen molar-refractivity contribution in [1.82, 2.24) is 24.8 Å². The Bertz CT molecular complexity index is 1490. The van der Waals surface area contributed by atoms with Crippen LogP contribution in [0, 0.1) is 0 Å². The molecule has 5 rings (SSSR count). The summed E-state index contributed by atoms with van der Waals surface area (Å²) in [7, 11) is -2.01. The molecule has 244 valence electrons. The third-order valence-electron chi connectivity index (χ3n) is 8.60. The van der Waals surface area contributed by atoms with Crippen molar-refractivity contribution in [3.05, 3.63) is 60.3 Å². The maximum Gasteiger partial charge on any atom is 0.250 e. The quantitative estimate of drug-likeness (QED) is 0.102. The first-order chi connectivity index (χ1) is 21.6. The third-order valence-corrected chi connectivity index (χ3v) is 13.0. The minimum absolute atomic E-state index is 0.0100. The summed E-state index contributed by atoms with van der Waals surface area (Å²) in [5.74, 6) is 0.861. The van der Waals surface area contributed by atoms with Crippen LogP contribution in [0.15, 0.2) is 54.7 Å². The van der Waals surface area contributed by atoms with E-state index in [9.17, 15) is 0 Å². The minimum Gasteiger partial charge on any atom is -0.543 e. The Morgan fingerprint density at radius 3 is 2.56 bits per heavy atom. The normalized spacial score (nSPS) is 16.7. The van der Waals surface area contributed by atoms with Crippen LogP contribution >= 0.6 is 0 Å². The SMILES string of the molecule is CC(COCCOCCn1ncc(-c2nn(C3CCCCO3)c3ccc(O[Si](C)(C)C(C)(C)C)cc23)n1)OCc1ccccc1. The van der Waals surface area contributed by atoms with E-state index in [0.717, 1.165) is 53.8 Å². The van der Waals surface area contributed by atoms with Gasteiger partial charge in [-0.1, -0.05) is 51.1 Å². The molecule has 0 N–H and O–H groups in total. The number of hydrogen-bond acceptors (Lipinski definition) is 8. The van der Waals surface area contributed by atoms with Gasteiger partial charge in [-0.25, -0.2) is 4.68 Å². The summed E-state index contributed by atoms with van der Waals surface area (Å²) in [5.41, 5.74) is 3.66. The van der Waals surface area contributed by atoms with Crippen LogP contribution in [-0.4, -0.2) is 72.2 Å². The number of benzene rings is 2. The van der Waals surface area contributed by atoms with E-state index in [4.69, 9.17) is 33.6 Å². The van der Waals surface area contributed by atoms with Crippen LogP contribution in [0.1, 0.15) is 58.7 Å². The van der Waals surface area contributed by atoms with Crippen molar-refractivity contribution in [3.63, 3.8) is 0 Å². The molecule has 2 aromatic heterocycles. The van der Waals surface area contributed by atoms with E-state index >= 15 is 0 Å². The number of rotatable bonds is 15. The maximum absolute atomic E-state index is 6.66. The molecule has 4 aromatic rings. The second-order valence-electron chi connectivity index (χ2n) is 13.3. The zero-order chi connectivity index (χ0) is 31.9. The third kappa shape index (κ3) is 8.80. The molecule has 1 fully saturated rings. The van der Waals surface area contributed by atoms with E-state index in [2.05, 4.69) is 69.3 Å². The second-order valence-corrected chi connectivity index (χ2v) is 18.0. The van der Waals surface area contributed by atoms with Crippen LogP contribution in [0.5, 0.6) is 5.75 Å². The Morgan fingerprint density at radius 1 is 1.00 bits per heavy atom. The molecule has 2 aromatic carbocycles. The topological polar surface area (TPSA) is 94.7 Å². The summed E-state index contributed by atoms with van der Waals surface area (Å²) in [6.07, 6.45) is 4.83. The highest BCUT2D eigenvalue weighted by Gasteiger charge is 2.39. The van der Waals surface area contributed by atoms with Gasteiger partial charge in [0.1, 0.15) is 17.1 Å². The van der Waals surface area contributed by atoms with E-state index in [1.54, 1.807) is 11.0 Å². The standard InChI is InChI=1S/C34H49N5O5Si/c1-26(43-25-27-12-8-7-9-13-27)24-41-21-20-40-19-17-38-35-23-30(36-38)33-29-22-28(44-45(5,6)34(2,3)4)15-16-31(29)39(37-33)32-14-10-11-18-42-32/h7-9,12-13,15-16,22-23,26,32H,10-11,14,17-21,24-25H2,1-6H3. The van der Waals surface area contributed by atoms with Gasteiger partial charge in [-0.3, -0.25) is 0 Å². The first kappa shape index (κ1) is 33.3. The predicted octanol–water partition coefficient (Wildman–Crippen LogP) is 7.02. The number of hydrogen-bond donors (Lipinski definition) is 0. The highest BCUT2D eigenvalue weighted by atomic mass is 28.4. The number of aromatic nitrogens is 5. The van der Waals surface area contributed by atoms with Gasteiger partial charge in [0.05, 0.1) is 57.4 Å². The Morgan fingerprint density at radius 2 is 1.80 bits per heavy atom. The molecule has 0 amide bonds. The van der Waals surface area contributed by atoms with Crippen LogP contribution in [0.3, 0.4) is 0 Å². The number of ether oxygens (including phenoxy) is 4. The van der Waals surface area contributed by atoms with Crippen molar-refractivity contribution in [2.45, 2.75) is 90.6 Å². The van der Waals surface area contributed by atoms with Gasteiger partial charge < -0.3 is 23.4 Å². The van der Waals surface area contributed by atoms with Crippen molar-refractivity contribution >= 4 is 19.2 Å². The Hall–Kier alpha value is -3.09. The molecule has 0 bridgehead atoms. The van der Waals surface area contributed by atoms with Gasteiger partial charge in [0.15, 0.2) is 6.23 Å². The highest BCUT2D eigenvalue weighted by molar-refractivity contribution is 6.74. The van der Waals surface area contributed by atoms with Crippen LogP contribution in [0.4, 0.5) is 0 Å². The van der Waals surface area contributed by atoms with Gasteiger partial charge in [0, 0.05) is 12.0 Å². The first-order valence-corrected chi connectivity index (χ1v) is 19.1. The Labute approximate surface area is 268 Å². The predicted molar refractivity (Wildman–Crippen MR) is 178 cm³/mol. The van der Waals surface area contributed by atoms with Crippen molar-refractivity contribution in [2.75, 3.05) is 33.0 Å². The highest BCUT2D eigenvalue weighted by Crippen LogP contribution is 2.39. The fourth-order valence-corrected chi connectivity index (χ4v) is 5.97. The Kier molecular flexibility index (Phi) is 11.1. The van der Waals surface area contributed by atoms with Crippen LogP contribution < -0.4 is 4.43 Å². The largest absolute Gasteiger partial charge is 0.543 e. The fraction of sp³-hybridized carbons (Fsp3) is 0.559. The molecule has 2 atom stereocenters. The van der Waals surface area contributed by atoms with Gasteiger partial charge in [-0.05, 0) is 68.1 Å². The lowest BCUT2D eigenvalue weighted by Gasteiger charge is -2.36. The summed E-state index contributed by atoms with van der Waals surface area (Å²) in [4.78, 5) is 1.66. The molecule has 1 aliphatic rings. The summed E-state index contributed by atoms with van der Waals surface area (Å²) < 4.78 is 32.2. The summed E-state index contributed by atoms with van der Waals surface area (Å²) in [6, 6.07) is 16.4. The van der Waals surface area contributed by atoms with Gasteiger partial charge in [-0.2, -0.15) is 20.1 Å². The zero-order valence-electron chi connectivity index (χ0n) is 27.7. The van der Waals surface area contributed by atoms with E-state index in [1.165, 1.54) is 0 Å². The molecule has 10 nitrogen and oxygen atoms in total. The summed E-state index contributed by atoms with van der Waals surface area (Å²) >= 11 is 0. The van der Waals surface area contributed by atoms with E-state index in [0.29, 0.717) is 45.3 Å². The minimum atomic E-state index is -2.01. The van der Waals surface area contributed by atoms with Crippen LogP contribution in [0.25, 0.3) is 22.3 Å². The average Bonchev–Trinajstić information content (AvgIpc) is 3.64. The van der Waals surface area contributed by atoms with E-state index < -0.39 is 8.32 Å². The molecule has 0 aliphatic carbocycles. The van der Waals surface area contributed by atoms with Crippen LogP contribution in [-0.2, 0) is 32.1 Å². The summed E-state index contributed by atoms with van der Waals surface area (Å²) in [5, 5.41) is 15.4. The van der Waals surface area contributed by atoms with Gasteiger partial charge in [0.2, 0.25) is 8.32 Å². The molecule has 2 unspecified atom stereocenters. The van der Waals surface area contributed by atoms with Gasteiger partial charge in [0.25, 0.3) is 0 Å².